The maximum Gasteiger partial charge on any atom is 0.258 e. The van der Waals surface area contributed by atoms with Crippen LogP contribution in [-0.4, -0.2) is 12.5 Å². The molecule has 0 spiro atoms. The van der Waals surface area contributed by atoms with E-state index in [1.165, 1.54) is 18.9 Å². The van der Waals surface area contributed by atoms with Crippen molar-refractivity contribution in [2.24, 2.45) is 0 Å². The lowest BCUT2D eigenvalue weighted by molar-refractivity contribution is -0.117. The highest BCUT2D eigenvalue weighted by atomic mass is 16.2. The lowest BCUT2D eigenvalue weighted by Gasteiger charge is -2.03. The maximum atomic E-state index is 11.4. The molecule has 0 unspecified atom stereocenters. The van der Waals surface area contributed by atoms with Gasteiger partial charge in [0.05, 0.1) is 0 Å². The Kier molecular flexibility index (Phi) is 6.75. The molecule has 0 aliphatic carbocycles. The molecule has 1 aromatic carbocycles. The van der Waals surface area contributed by atoms with Gasteiger partial charge in [0.1, 0.15) is 0 Å². The number of rotatable bonds is 7. The number of nitrogens with one attached hydrogen (secondary N) is 2. The average molecular weight is 232 g/mol. The van der Waals surface area contributed by atoms with Crippen molar-refractivity contribution >= 4 is 12.0 Å². The van der Waals surface area contributed by atoms with Crippen LogP contribution in [0.25, 0.3) is 6.08 Å². The molecule has 17 heavy (non-hydrogen) atoms. The molecule has 1 rings (SSSR count). The number of hydrogen-bond acceptors (Lipinski definition) is 2. The summed E-state index contributed by atoms with van der Waals surface area (Å²) in [7, 11) is 0. The van der Waals surface area contributed by atoms with Gasteiger partial charge in [-0.15, -0.1) is 0 Å². The van der Waals surface area contributed by atoms with Gasteiger partial charge in [-0.25, -0.2) is 5.43 Å². The fourth-order valence-corrected chi connectivity index (χ4v) is 1.39. The van der Waals surface area contributed by atoms with Gasteiger partial charge in [0.15, 0.2) is 0 Å². The molecule has 0 aromatic heterocycles. The van der Waals surface area contributed by atoms with E-state index in [9.17, 15) is 4.79 Å². The van der Waals surface area contributed by atoms with E-state index in [0.717, 1.165) is 18.5 Å². The van der Waals surface area contributed by atoms with Crippen molar-refractivity contribution in [1.29, 1.82) is 0 Å². The van der Waals surface area contributed by atoms with Crippen LogP contribution in [0.3, 0.4) is 0 Å². The summed E-state index contributed by atoms with van der Waals surface area (Å²) >= 11 is 0. The van der Waals surface area contributed by atoms with Crippen LogP contribution in [0.4, 0.5) is 0 Å². The fraction of sp³-hybridized carbons (Fsp3) is 0.357. The van der Waals surface area contributed by atoms with Crippen molar-refractivity contribution in [3.63, 3.8) is 0 Å². The minimum absolute atomic E-state index is 0.120. The van der Waals surface area contributed by atoms with Crippen LogP contribution in [0.15, 0.2) is 36.4 Å². The summed E-state index contributed by atoms with van der Waals surface area (Å²) in [5.74, 6) is -0.120. The Hall–Kier alpha value is -1.61. The second-order valence-electron chi connectivity index (χ2n) is 3.87. The van der Waals surface area contributed by atoms with E-state index in [4.69, 9.17) is 0 Å². The second kappa shape index (κ2) is 8.53. The van der Waals surface area contributed by atoms with E-state index in [1.54, 1.807) is 6.08 Å². The van der Waals surface area contributed by atoms with Gasteiger partial charge in [0.25, 0.3) is 5.91 Å². The fourth-order valence-electron chi connectivity index (χ4n) is 1.39. The minimum Gasteiger partial charge on any atom is -0.288 e. The Morgan fingerprint density at radius 3 is 2.71 bits per heavy atom. The van der Waals surface area contributed by atoms with Gasteiger partial charge >= 0.3 is 0 Å². The highest BCUT2D eigenvalue weighted by molar-refractivity contribution is 5.91. The summed E-state index contributed by atoms with van der Waals surface area (Å²) in [4.78, 5) is 11.4. The van der Waals surface area contributed by atoms with E-state index < -0.39 is 0 Å². The van der Waals surface area contributed by atoms with Crippen LogP contribution < -0.4 is 10.9 Å². The molecule has 92 valence electrons. The predicted molar refractivity (Wildman–Crippen MR) is 71.1 cm³/mol. The molecule has 0 aliphatic heterocycles. The normalized spacial score (nSPS) is 10.6. The first kappa shape index (κ1) is 13.5. The summed E-state index contributed by atoms with van der Waals surface area (Å²) < 4.78 is 0. The third kappa shape index (κ3) is 6.53. The molecule has 3 heteroatoms. The number of carbonyl (C=O) groups excluding carboxylic acids is 1. The van der Waals surface area contributed by atoms with Gasteiger partial charge in [-0.2, -0.15) is 0 Å². The van der Waals surface area contributed by atoms with Crippen molar-refractivity contribution < 1.29 is 4.79 Å². The summed E-state index contributed by atoms with van der Waals surface area (Å²) in [6, 6.07) is 9.75. The second-order valence-corrected chi connectivity index (χ2v) is 3.87. The largest absolute Gasteiger partial charge is 0.288 e. The molecular weight excluding hydrogens is 212 g/mol. The predicted octanol–water partition coefficient (Wildman–Crippen LogP) is 2.51. The van der Waals surface area contributed by atoms with Crippen LogP contribution in [0, 0.1) is 0 Å². The smallest absolute Gasteiger partial charge is 0.258 e. The molecular formula is C14H20N2O. The number of hydrazine groups is 1. The van der Waals surface area contributed by atoms with Gasteiger partial charge in [-0.3, -0.25) is 10.2 Å². The SMILES string of the molecule is CCCCCNNC(=O)/C=C/c1ccccc1. The van der Waals surface area contributed by atoms with E-state index in [1.807, 2.05) is 30.3 Å². The Balaban J connectivity index is 2.19. The first-order chi connectivity index (χ1) is 8.33. The van der Waals surface area contributed by atoms with Crippen molar-refractivity contribution in [3.8, 4) is 0 Å². The molecule has 2 N–H and O–H groups in total. The monoisotopic (exact) mass is 232 g/mol. The Labute approximate surface area is 103 Å². The molecule has 1 amide bonds. The zero-order valence-electron chi connectivity index (χ0n) is 10.3. The number of carbonyl (C=O) groups is 1. The number of benzene rings is 1. The number of amides is 1. The lowest BCUT2D eigenvalue weighted by Crippen LogP contribution is -2.36. The molecule has 0 saturated carbocycles. The molecule has 3 nitrogen and oxygen atoms in total. The molecule has 0 aliphatic rings. The van der Waals surface area contributed by atoms with E-state index >= 15 is 0 Å². The van der Waals surface area contributed by atoms with Gasteiger partial charge < -0.3 is 0 Å². The highest BCUT2D eigenvalue weighted by Crippen LogP contribution is 2.00. The van der Waals surface area contributed by atoms with Crippen LogP contribution in [0.2, 0.25) is 0 Å². The molecule has 0 saturated heterocycles. The summed E-state index contributed by atoms with van der Waals surface area (Å²) in [5, 5.41) is 0. The Morgan fingerprint density at radius 1 is 1.24 bits per heavy atom. The highest BCUT2D eigenvalue weighted by Gasteiger charge is 1.93. The van der Waals surface area contributed by atoms with Gasteiger partial charge in [0, 0.05) is 12.6 Å². The lowest BCUT2D eigenvalue weighted by atomic mass is 10.2. The molecule has 0 bridgehead atoms. The quantitative estimate of drug-likeness (QED) is 0.431. The van der Waals surface area contributed by atoms with Gasteiger partial charge in [-0.1, -0.05) is 50.1 Å². The van der Waals surface area contributed by atoms with E-state index in [0.29, 0.717) is 0 Å². The summed E-state index contributed by atoms with van der Waals surface area (Å²) in [5.41, 5.74) is 6.56. The maximum absolute atomic E-state index is 11.4. The summed E-state index contributed by atoms with van der Waals surface area (Å²) in [6.07, 6.45) is 6.77. The average Bonchev–Trinajstić information content (AvgIpc) is 2.37. The third-order valence-electron chi connectivity index (χ3n) is 2.34. The Bertz CT molecular complexity index is 346. The van der Waals surface area contributed by atoms with E-state index in [2.05, 4.69) is 17.8 Å². The zero-order chi connectivity index (χ0) is 12.3. The molecule has 0 radical (unpaired) electrons. The minimum atomic E-state index is -0.120. The van der Waals surface area contributed by atoms with Crippen LogP contribution in [-0.2, 0) is 4.79 Å². The number of unbranched alkanes of at least 4 members (excludes halogenated alkanes) is 2. The molecule has 1 aromatic rings. The Morgan fingerprint density at radius 2 is 2.00 bits per heavy atom. The number of hydrogen-bond donors (Lipinski definition) is 2. The standard InChI is InChI=1S/C14H20N2O/c1-2-3-7-12-15-16-14(17)11-10-13-8-5-4-6-9-13/h4-6,8-11,15H,2-3,7,12H2,1H3,(H,16,17)/b11-10+. The van der Waals surface area contributed by atoms with Crippen molar-refractivity contribution in [3.05, 3.63) is 42.0 Å². The first-order valence-corrected chi connectivity index (χ1v) is 6.09. The van der Waals surface area contributed by atoms with Crippen LogP contribution >= 0.6 is 0 Å². The van der Waals surface area contributed by atoms with Crippen molar-refractivity contribution in [1.82, 2.24) is 10.9 Å². The topological polar surface area (TPSA) is 41.1 Å². The third-order valence-corrected chi connectivity index (χ3v) is 2.34. The van der Waals surface area contributed by atoms with E-state index in [-0.39, 0.29) is 5.91 Å². The summed E-state index contributed by atoms with van der Waals surface area (Å²) in [6.45, 7) is 2.97. The van der Waals surface area contributed by atoms with Gasteiger partial charge in [-0.05, 0) is 18.1 Å². The van der Waals surface area contributed by atoms with Crippen LogP contribution in [0.5, 0.6) is 0 Å². The molecule has 0 fully saturated rings. The molecule has 0 heterocycles. The van der Waals surface area contributed by atoms with Crippen molar-refractivity contribution in [2.75, 3.05) is 6.54 Å². The van der Waals surface area contributed by atoms with Crippen LogP contribution in [0.1, 0.15) is 31.7 Å². The molecule has 0 atom stereocenters. The zero-order valence-corrected chi connectivity index (χ0v) is 10.3. The first-order valence-electron chi connectivity index (χ1n) is 6.09. The van der Waals surface area contributed by atoms with Gasteiger partial charge in [0.2, 0.25) is 0 Å². The van der Waals surface area contributed by atoms with Crippen molar-refractivity contribution in [2.45, 2.75) is 26.2 Å².